The average molecular weight is 467 g/mol. The molecule has 0 spiro atoms. The number of carbonyl (C=O) groups excluding carboxylic acids is 4. The van der Waals surface area contributed by atoms with Gasteiger partial charge >= 0.3 is 0 Å². The lowest BCUT2D eigenvalue weighted by Crippen LogP contribution is -2.45. The average Bonchev–Trinajstić information content (AvgIpc) is 2.86. The van der Waals surface area contributed by atoms with Gasteiger partial charge in [-0.05, 0) is 51.0 Å². The van der Waals surface area contributed by atoms with Crippen molar-refractivity contribution in [3.05, 3.63) is 71.8 Å². The van der Waals surface area contributed by atoms with Gasteiger partial charge in [0.05, 0.1) is 0 Å². The minimum absolute atomic E-state index is 0.219. The largest absolute Gasteiger partial charge is 0.354 e. The third kappa shape index (κ3) is 9.44. The number of benzene rings is 2. The summed E-state index contributed by atoms with van der Waals surface area (Å²) >= 11 is 0. The van der Waals surface area contributed by atoms with E-state index in [0.29, 0.717) is 24.2 Å². The van der Waals surface area contributed by atoms with Gasteiger partial charge in [0.15, 0.2) is 0 Å². The lowest BCUT2D eigenvalue weighted by Gasteiger charge is -2.15. The van der Waals surface area contributed by atoms with Crippen molar-refractivity contribution < 1.29 is 19.2 Å². The van der Waals surface area contributed by atoms with Crippen LogP contribution in [0, 0.1) is 0 Å². The monoisotopic (exact) mass is 466 g/mol. The molecule has 0 saturated carbocycles. The molecule has 0 unspecified atom stereocenters. The quantitative estimate of drug-likeness (QED) is 0.339. The van der Waals surface area contributed by atoms with Gasteiger partial charge in [0.2, 0.25) is 11.8 Å². The van der Waals surface area contributed by atoms with E-state index in [1.807, 2.05) is 12.1 Å². The number of hydrogen-bond acceptors (Lipinski definition) is 4. The van der Waals surface area contributed by atoms with Gasteiger partial charge in [-0.2, -0.15) is 0 Å². The van der Waals surface area contributed by atoms with Gasteiger partial charge in [-0.25, -0.2) is 0 Å². The summed E-state index contributed by atoms with van der Waals surface area (Å²) in [5.41, 5.74) is 1.03. The molecule has 0 fully saturated rings. The molecule has 4 N–H and O–H groups in total. The summed E-state index contributed by atoms with van der Waals surface area (Å²) in [5.74, 6) is -0.996. The molecule has 0 bridgehead atoms. The van der Waals surface area contributed by atoms with Crippen LogP contribution in [0.3, 0.4) is 0 Å². The highest BCUT2D eigenvalue weighted by atomic mass is 16.2. The number of nitrogens with one attached hydrogen (secondary N) is 4. The first-order chi connectivity index (χ1) is 16.4. The minimum atomic E-state index is -0.618. The second-order valence-corrected chi connectivity index (χ2v) is 8.12. The van der Waals surface area contributed by atoms with E-state index in [4.69, 9.17) is 0 Å². The van der Waals surface area contributed by atoms with E-state index >= 15 is 0 Å². The van der Waals surface area contributed by atoms with Crippen LogP contribution >= 0.6 is 0 Å². The molecule has 8 nitrogen and oxygen atoms in total. The molecule has 2 rings (SSSR count). The number of carbonyl (C=O) groups is 4. The Hall–Kier alpha value is -3.68. The molecule has 0 heterocycles. The van der Waals surface area contributed by atoms with Crippen molar-refractivity contribution in [1.82, 2.24) is 21.3 Å². The predicted molar refractivity (Wildman–Crippen MR) is 131 cm³/mol. The maximum Gasteiger partial charge on any atom is 0.251 e. The van der Waals surface area contributed by atoms with E-state index in [0.717, 1.165) is 25.7 Å². The van der Waals surface area contributed by atoms with Crippen molar-refractivity contribution in [3.8, 4) is 0 Å². The Labute approximate surface area is 200 Å². The molecule has 2 aromatic rings. The number of unbranched alkanes of at least 4 members (excludes halogenated alkanes) is 3. The van der Waals surface area contributed by atoms with Crippen LogP contribution in [0.1, 0.15) is 60.2 Å². The van der Waals surface area contributed by atoms with Crippen LogP contribution < -0.4 is 21.3 Å². The molecule has 34 heavy (non-hydrogen) atoms. The standard InChI is InChI=1S/C26H34N4O4/c1-19(29-25(33)21-13-7-5-8-14-21)23(31)27-17-11-3-4-12-18-28-24(32)20(2)30-26(34)22-15-9-6-10-16-22/h5-10,13-16,19-20H,3-4,11-12,17-18H2,1-2H3,(H,27,31)(H,28,32)(H,29,33)(H,30,34)/t19-,20-/m0/s1. The Balaban J connectivity index is 1.51. The topological polar surface area (TPSA) is 116 Å². The van der Waals surface area contributed by atoms with E-state index in [1.54, 1.807) is 62.4 Å². The zero-order valence-electron chi connectivity index (χ0n) is 19.8. The fraction of sp³-hybridized carbons (Fsp3) is 0.385. The third-order valence-corrected chi connectivity index (χ3v) is 5.26. The molecule has 2 atom stereocenters. The zero-order chi connectivity index (χ0) is 24.8. The van der Waals surface area contributed by atoms with E-state index in [1.165, 1.54) is 0 Å². The van der Waals surface area contributed by atoms with E-state index in [-0.39, 0.29) is 23.6 Å². The van der Waals surface area contributed by atoms with Gasteiger partial charge < -0.3 is 21.3 Å². The van der Waals surface area contributed by atoms with Gasteiger partial charge in [-0.3, -0.25) is 19.2 Å². The van der Waals surface area contributed by atoms with E-state index in [9.17, 15) is 19.2 Å². The van der Waals surface area contributed by atoms with Gasteiger partial charge in [0, 0.05) is 24.2 Å². The highest BCUT2D eigenvalue weighted by Gasteiger charge is 2.17. The van der Waals surface area contributed by atoms with Gasteiger partial charge in [0.25, 0.3) is 11.8 Å². The molecule has 2 aromatic carbocycles. The smallest absolute Gasteiger partial charge is 0.251 e. The molecular weight excluding hydrogens is 432 g/mol. The molecule has 0 aliphatic carbocycles. The highest BCUT2D eigenvalue weighted by molar-refractivity contribution is 5.98. The van der Waals surface area contributed by atoms with Crippen molar-refractivity contribution in [2.24, 2.45) is 0 Å². The van der Waals surface area contributed by atoms with Crippen LogP contribution in [0.4, 0.5) is 0 Å². The normalized spacial score (nSPS) is 12.2. The molecular formula is C26H34N4O4. The second kappa shape index (κ2) is 14.5. The Kier molecular flexibility index (Phi) is 11.3. The van der Waals surface area contributed by atoms with Crippen LogP contribution in [0.2, 0.25) is 0 Å². The summed E-state index contributed by atoms with van der Waals surface area (Å²) < 4.78 is 0. The lowest BCUT2D eigenvalue weighted by molar-refractivity contribution is -0.123. The maximum absolute atomic E-state index is 12.1. The number of amides is 4. The summed E-state index contributed by atoms with van der Waals surface area (Å²) in [4.78, 5) is 48.5. The Bertz CT molecular complexity index is 857. The lowest BCUT2D eigenvalue weighted by atomic mass is 10.1. The second-order valence-electron chi connectivity index (χ2n) is 8.12. The SMILES string of the molecule is C[C@H](NC(=O)c1ccccc1)C(=O)NCCCCCCNC(=O)[C@H](C)NC(=O)c1ccccc1. The molecule has 0 saturated heterocycles. The van der Waals surface area contributed by atoms with Crippen molar-refractivity contribution >= 4 is 23.6 Å². The Morgan fingerprint density at radius 1 is 0.588 bits per heavy atom. The first-order valence-corrected chi connectivity index (χ1v) is 11.7. The molecule has 0 aliphatic rings. The molecule has 0 aromatic heterocycles. The molecule has 0 radical (unpaired) electrons. The van der Waals surface area contributed by atoms with Crippen LogP contribution in [-0.4, -0.2) is 48.8 Å². The Morgan fingerprint density at radius 2 is 0.941 bits per heavy atom. The third-order valence-electron chi connectivity index (χ3n) is 5.26. The van der Waals surface area contributed by atoms with E-state index in [2.05, 4.69) is 21.3 Å². The van der Waals surface area contributed by atoms with Crippen molar-refractivity contribution in [2.75, 3.05) is 13.1 Å². The first kappa shape index (κ1) is 26.6. The molecule has 4 amide bonds. The van der Waals surface area contributed by atoms with E-state index < -0.39 is 12.1 Å². The summed E-state index contributed by atoms with van der Waals surface area (Å²) in [6.45, 7) is 4.36. The highest BCUT2D eigenvalue weighted by Crippen LogP contribution is 2.01. The number of hydrogen-bond donors (Lipinski definition) is 4. The number of rotatable bonds is 13. The van der Waals surface area contributed by atoms with Crippen LogP contribution in [0.15, 0.2) is 60.7 Å². The fourth-order valence-electron chi connectivity index (χ4n) is 3.20. The van der Waals surface area contributed by atoms with Gasteiger partial charge in [0.1, 0.15) is 12.1 Å². The van der Waals surface area contributed by atoms with Crippen LogP contribution in [-0.2, 0) is 9.59 Å². The molecule has 8 heteroatoms. The van der Waals surface area contributed by atoms with Gasteiger partial charge in [-0.15, -0.1) is 0 Å². The first-order valence-electron chi connectivity index (χ1n) is 11.7. The van der Waals surface area contributed by atoms with Crippen LogP contribution in [0.5, 0.6) is 0 Å². The van der Waals surface area contributed by atoms with Crippen molar-refractivity contribution in [1.29, 1.82) is 0 Å². The maximum atomic E-state index is 12.1. The summed E-state index contributed by atoms with van der Waals surface area (Å²) in [6, 6.07) is 16.3. The predicted octanol–water partition coefficient (Wildman–Crippen LogP) is 2.42. The van der Waals surface area contributed by atoms with Crippen molar-refractivity contribution in [2.45, 2.75) is 51.6 Å². The van der Waals surface area contributed by atoms with Crippen molar-refractivity contribution in [3.63, 3.8) is 0 Å². The Morgan fingerprint density at radius 3 is 1.29 bits per heavy atom. The summed E-state index contributed by atoms with van der Waals surface area (Å²) in [6.07, 6.45) is 3.42. The minimum Gasteiger partial charge on any atom is -0.354 e. The summed E-state index contributed by atoms with van der Waals surface area (Å²) in [5, 5.41) is 11.0. The molecule has 182 valence electrons. The fourth-order valence-corrected chi connectivity index (χ4v) is 3.20. The zero-order valence-corrected chi connectivity index (χ0v) is 19.8. The molecule has 0 aliphatic heterocycles. The van der Waals surface area contributed by atoms with Crippen LogP contribution in [0.25, 0.3) is 0 Å². The summed E-state index contributed by atoms with van der Waals surface area (Å²) in [7, 11) is 0. The van der Waals surface area contributed by atoms with Gasteiger partial charge in [-0.1, -0.05) is 49.2 Å².